The molecule has 306 valence electrons. The van der Waals surface area contributed by atoms with Gasteiger partial charge in [-0.3, -0.25) is 9.59 Å². The Hall–Kier alpha value is -4.70. The highest BCUT2D eigenvalue weighted by Gasteiger charge is 2.34. The number of hydrogen-bond donors (Lipinski definition) is 0. The van der Waals surface area contributed by atoms with Crippen molar-refractivity contribution in [3.8, 4) is 22.3 Å². The molecule has 0 N–H and O–H groups in total. The lowest BCUT2D eigenvalue weighted by molar-refractivity contribution is -0.129. The van der Waals surface area contributed by atoms with Crippen LogP contribution in [-0.2, 0) is 31.2 Å². The van der Waals surface area contributed by atoms with E-state index in [1.807, 2.05) is 11.1 Å². The van der Waals surface area contributed by atoms with Gasteiger partial charge in [0, 0.05) is 38.0 Å². The van der Waals surface area contributed by atoms with Crippen LogP contribution in [-0.4, -0.2) is 40.7 Å². The van der Waals surface area contributed by atoms with Crippen LogP contribution in [0.2, 0.25) is 0 Å². The number of benzene rings is 4. The lowest BCUT2D eigenvalue weighted by Gasteiger charge is -2.33. The Morgan fingerprint density at radius 3 is 1.48 bits per heavy atom. The molecular formula is C54H68N2O2. The van der Waals surface area contributed by atoms with Crippen molar-refractivity contribution in [1.29, 1.82) is 0 Å². The quantitative estimate of drug-likeness (QED) is 0.170. The molecule has 0 aliphatic carbocycles. The third-order valence-corrected chi connectivity index (χ3v) is 12.1. The van der Waals surface area contributed by atoms with E-state index in [9.17, 15) is 9.59 Å². The second kappa shape index (κ2) is 16.5. The van der Waals surface area contributed by atoms with E-state index in [0.717, 1.165) is 29.5 Å². The summed E-state index contributed by atoms with van der Waals surface area (Å²) < 4.78 is 0. The van der Waals surface area contributed by atoms with Crippen LogP contribution in [0.25, 0.3) is 28.3 Å². The number of carbonyl (C=O) groups excluding carboxylic acids is 2. The fourth-order valence-corrected chi connectivity index (χ4v) is 8.28. The summed E-state index contributed by atoms with van der Waals surface area (Å²) in [6, 6.07) is 31.3. The Morgan fingerprint density at radius 2 is 1.00 bits per heavy atom. The Kier molecular flexibility index (Phi) is 12.2. The molecule has 4 nitrogen and oxygen atoms in total. The predicted octanol–water partition coefficient (Wildman–Crippen LogP) is 13.1. The summed E-state index contributed by atoms with van der Waals surface area (Å²) in [6.45, 7) is 28.8. The van der Waals surface area contributed by atoms with Crippen LogP contribution >= 0.6 is 0 Å². The van der Waals surface area contributed by atoms with E-state index in [0.29, 0.717) is 25.9 Å². The van der Waals surface area contributed by atoms with E-state index in [2.05, 4.69) is 191 Å². The highest BCUT2D eigenvalue weighted by atomic mass is 16.2. The smallest absolute Gasteiger partial charge is 0.226 e. The minimum Gasteiger partial charge on any atom is -0.335 e. The maximum atomic E-state index is 13.9. The molecule has 58 heavy (non-hydrogen) atoms. The normalized spacial score (nSPS) is 17.0. The highest BCUT2D eigenvalue weighted by molar-refractivity contribution is 5.81. The fourth-order valence-electron chi connectivity index (χ4n) is 8.28. The second-order valence-electron chi connectivity index (χ2n) is 20.9. The number of rotatable bonds is 9. The summed E-state index contributed by atoms with van der Waals surface area (Å²) in [5.41, 5.74) is 12.1. The van der Waals surface area contributed by atoms with Crippen LogP contribution in [0.1, 0.15) is 148 Å². The minimum atomic E-state index is -0.280. The zero-order valence-corrected chi connectivity index (χ0v) is 37.5. The average Bonchev–Trinajstić information content (AvgIpc) is 3.78. The van der Waals surface area contributed by atoms with Crippen molar-refractivity contribution in [2.75, 3.05) is 13.1 Å². The molecule has 0 radical (unpaired) electrons. The van der Waals surface area contributed by atoms with Gasteiger partial charge >= 0.3 is 0 Å². The molecule has 2 atom stereocenters. The first-order valence-corrected chi connectivity index (χ1v) is 21.6. The molecule has 2 aliphatic rings. The van der Waals surface area contributed by atoms with Crippen molar-refractivity contribution in [3.05, 3.63) is 137 Å². The van der Waals surface area contributed by atoms with E-state index in [4.69, 9.17) is 0 Å². The fraction of sp³-hybridized carbons (Fsp3) is 0.444. The van der Waals surface area contributed by atoms with Gasteiger partial charge in [-0.2, -0.15) is 0 Å². The molecule has 0 aromatic heterocycles. The van der Waals surface area contributed by atoms with Crippen LogP contribution in [0, 0.1) is 0 Å². The highest BCUT2D eigenvalue weighted by Crippen LogP contribution is 2.41. The SMILES string of the molecule is CC(C)(C)c1cc(-c2ccccc2/C=C/C(C(/C=C/N2CCCC2=O)c2ccccc2-c2cc(C(C)(C)C)cc(C(C)(C)C)c2)N2CCCC2=O)cc(C(C)(C)C)c1. The predicted molar refractivity (Wildman–Crippen MR) is 245 cm³/mol. The van der Waals surface area contributed by atoms with E-state index in [1.54, 1.807) is 0 Å². The number of carbonyl (C=O) groups is 2. The summed E-state index contributed by atoms with van der Waals surface area (Å²) in [6.07, 6.45) is 11.5. The summed E-state index contributed by atoms with van der Waals surface area (Å²) >= 11 is 0. The molecule has 2 amide bonds. The third kappa shape index (κ3) is 9.76. The van der Waals surface area contributed by atoms with Crippen LogP contribution < -0.4 is 0 Å². The van der Waals surface area contributed by atoms with Crippen LogP contribution in [0.5, 0.6) is 0 Å². The van der Waals surface area contributed by atoms with Crippen LogP contribution in [0.4, 0.5) is 0 Å². The molecule has 2 aliphatic heterocycles. The van der Waals surface area contributed by atoms with Gasteiger partial charge in [0.25, 0.3) is 0 Å². The molecule has 0 bridgehead atoms. The molecule has 4 heteroatoms. The van der Waals surface area contributed by atoms with Gasteiger partial charge in [-0.05, 0) is 90.1 Å². The van der Waals surface area contributed by atoms with Gasteiger partial charge in [0.15, 0.2) is 0 Å². The molecule has 2 unspecified atom stereocenters. The molecule has 2 fully saturated rings. The first-order chi connectivity index (χ1) is 27.1. The largest absolute Gasteiger partial charge is 0.335 e. The summed E-state index contributed by atoms with van der Waals surface area (Å²) in [4.78, 5) is 30.8. The zero-order chi connectivity index (χ0) is 42.2. The topological polar surface area (TPSA) is 40.6 Å². The van der Waals surface area contributed by atoms with Crippen molar-refractivity contribution in [2.24, 2.45) is 0 Å². The van der Waals surface area contributed by atoms with Gasteiger partial charge in [0.2, 0.25) is 11.8 Å². The Bertz CT molecular complexity index is 2130. The lowest BCUT2D eigenvalue weighted by atomic mass is 9.77. The number of likely N-dealkylation sites (tertiary alicyclic amines) is 2. The third-order valence-electron chi connectivity index (χ3n) is 12.1. The van der Waals surface area contributed by atoms with Gasteiger partial charge in [0.05, 0.1) is 6.04 Å². The maximum absolute atomic E-state index is 13.9. The van der Waals surface area contributed by atoms with Gasteiger partial charge in [-0.1, -0.05) is 186 Å². The van der Waals surface area contributed by atoms with Crippen molar-refractivity contribution >= 4 is 17.9 Å². The molecule has 4 aromatic rings. The molecule has 6 rings (SSSR count). The zero-order valence-electron chi connectivity index (χ0n) is 37.5. The molecule has 4 aromatic carbocycles. The minimum absolute atomic E-state index is 0.00822. The maximum Gasteiger partial charge on any atom is 0.226 e. The van der Waals surface area contributed by atoms with Crippen molar-refractivity contribution in [2.45, 2.75) is 142 Å². The second-order valence-corrected chi connectivity index (χ2v) is 20.9. The van der Waals surface area contributed by atoms with Gasteiger partial charge in [-0.15, -0.1) is 0 Å². The molecular weight excluding hydrogens is 709 g/mol. The van der Waals surface area contributed by atoms with Gasteiger partial charge < -0.3 is 9.80 Å². The molecule has 0 spiro atoms. The van der Waals surface area contributed by atoms with E-state index >= 15 is 0 Å². The van der Waals surface area contributed by atoms with Crippen molar-refractivity contribution in [3.63, 3.8) is 0 Å². The first kappa shape index (κ1) is 42.9. The Labute approximate surface area is 350 Å². The molecule has 2 saturated heterocycles. The number of hydrogen-bond acceptors (Lipinski definition) is 2. The van der Waals surface area contributed by atoms with Crippen molar-refractivity contribution in [1.82, 2.24) is 9.80 Å². The molecule has 2 heterocycles. The van der Waals surface area contributed by atoms with Crippen molar-refractivity contribution < 1.29 is 9.59 Å². The summed E-state index contributed by atoms with van der Waals surface area (Å²) in [5.74, 6) is 0.109. The standard InChI is InChI=1S/C54H68N2O2/c1-51(2,3)40-31-38(32-41(35-40)52(4,5)6)44-20-14-13-19-37(44)25-26-48(56-29-18-24-50(56)58)47(27-30-55-28-17-23-49(55)57)46-22-16-15-21-45(46)39-33-42(53(7,8)9)36-43(34-39)54(10,11)12/h13-16,19-22,25-27,30-36,47-48H,17-18,23-24,28-29H2,1-12H3/b26-25+,30-27+. The Balaban J connectivity index is 1.55. The van der Waals surface area contributed by atoms with Gasteiger partial charge in [0.1, 0.15) is 0 Å². The first-order valence-electron chi connectivity index (χ1n) is 21.6. The van der Waals surface area contributed by atoms with Crippen LogP contribution in [0.15, 0.2) is 103 Å². The number of nitrogens with zero attached hydrogens (tertiary/aromatic N) is 2. The van der Waals surface area contributed by atoms with Crippen LogP contribution in [0.3, 0.4) is 0 Å². The summed E-state index contributed by atoms with van der Waals surface area (Å²) in [7, 11) is 0. The average molecular weight is 777 g/mol. The Morgan fingerprint density at radius 1 is 0.534 bits per heavy atom. The van der Waals surface area contributed by atoms with E-state index in [-0.39, 0.29) is 45.4 Å². The number of amides is 2. The van der Waals surface area contributed by atoms with E-state index < -0.39 is 0 Å². The van der Waals surface area contributed by atoms with Gasteiger partial charge in [-0.25, -0.2) is 0 Å². The summed E-state index contributed by atoms with van der Waals surface area (Å²) in [5, 5.41) is 0. The molecule has 0 saturated carbocycles. The monoisotopic (exact) mass is 777 g/mol. The van der Waals surface area contributed by atoms with E-state index in [1.165, 1.54) is 38.9 Å². The lowest BCUT2D eigenvalue weighted by Crippen LogP contribution is -2.39.